The molecule has 1 amide bonds. The molecule has 1 unspecified atom stereocenters. The first-order chi connectivity index (χ1) is 9.70. The second-order valence-corrected chi connectivity index (χ2v) is 5.71. The van der Waals surface area contributed by atoms with Crippen LogP contribution in [0.25, 0.3) is 0 Å². The zero-order valence-corrected chi connectivity index (χ0v) is 12.7. The second-order valence-electron chi connectivity index (χ2n) is 5.71. The zero-order valence-electron chi connectivity index (χ0n) is 12.7. The van der Waals surface area contributed by atoms with Crippen molar-refractivity contribution in [1.29, 1.82) is 0 Å². The number of amides is 1. The fourth-order valence-corrected chi connectivity index (χ4v) is 2.58. The lowest BCUT2D eigenvalue weighted by molar-refractivity contribution is -0.130. The van der Waals surface area contributed by atoms with Crippen molar-refractivity contribution < 1.29 is 4.79 Å². The van der Waals surface area contributed by atoms with Crippen molar-refractivity contribution in [2.45, 2.75) is 39.0 Å². The largest absolute Gasteiger partial charge is 0.341 e. The number of hydrogen-bond donors (Lipinski definition) is 1. The lowest BCUT2D eigenvalue weighted by Gasteiger charge is -2.20. The van der Waals surface area contributed by atoms with Crippen LogP contribution in [0.1, 0.15) is 43.7 Å². The first kappa shape index (κ1) is 15.0. The highest BCUT2D eigenvalue weighted by molar-refractivity contribution is 5.78. The molecular formula is C17H26N2O. The summed E-state index contributed by atoms with van der Waals surface area (Å²) in [5.41, 5.74) is 2.49. The van der Waals surface area contributed by atoms with Gasteiger partial charge < -0.3 is 10.2 Å². The maximum absolute atomic E-state index is 12.3. The van der Waals surface area contributed by atoms with E-state index < -0.39 is 0 Å². The van der Waals surface area contributed by atoms with Gasteiger partial charge in [0.25, 0.3) is 0 Å². The normalized spacial score (nSPS) is 17.6. The number of nitrogens with zero attached hydrogens (tertiary/aromatic N) is 1. The molecule has 1 atom stereocenters. The summed E-state index contributed by atoms with van der Waals surface area (Å²) in [7, 11) is 0. The third kappa shape index (κ3) is 4.07. The lowest BCUT2D eigenvalue weighted by atomic mass is 9.97. The van der Waals surface area contributed by atoms with Gasteiger partial charge in [0.15, 0.2) is 0 Å². The molecule has 1 fully saturated rings. The van der Waals surface area contributed by atoms with Gasteiger partial charge in [0.2, 0.25) is 5.91 Å². The third-order valence-electron chi connectivity index (χ3n) is 4.21. The molecule has 110 valence electrons. The molecule has 1 aliphatic rings. The number of rotatable bonds is 4. The number of carbonyl (C=O) groups excluding carboxylic acids is 1. The molecule has 1 heterocycles. The minimum Gasteiger partial charge on any atom is -0.341 e. The molecule has 1 aromatic rings. The Hall–Kier alpha value is -1.35. The first-order valence-corrected chi connectivity index (χ1v) is 7.78. The average Bonchev–Trinajstić information content (AvgIpc) is 2.76. The van der Waals surface area contributed by atoms with Crippen molar-refractivity contribution >= 4 is 5.91 Å². The fraction of sp³-hybridized carbons (Fsp3) is 0.588. The molecule has 0 saturated carbocycles. The summed E-state index contributed by atoms with van der Waals surface area (Å²) in [6.45, 7) is 8.10. The maximum atomic E-state index is 12.3. The van der Waals surface area contributed by atoms with Gasteiger partial charge in [-0.1, -0.05) is 38.1 Å². The standard InChI is InChI=1S/C17H26N2O/c1-3-14(2)16-7-5-15(6-8-16)13-17(20)19-11-4-9-18-10-12-19/h5-8,14,18H,3-4,9-13H2,1-2H3. The van der Waals surface area contributed by atoms with Gasteiger partial charge >= 0.3 is 0 Å². The Balaban J connectivity index is 1.93. The lowest BCUT2D eigenvalue weighted by Crippen LogP contribution is -2.35. The van der Waals surface area contributed by atoms with Gasteiger partial charge in [-0.05, 0) is 36.4 Å². The van der Waals surface area contributed by atoms with Gasteiger partial charge in [0.05, 0.1) is 6.42 Å². The smallest absolute Gasteiger partial charge is 0.227 e. The van der Waals surface area contributed by atoms with E-state index in [9.17, 15) is 4.79 Å². The molecule has 0 aliphatic carbocycles. The fourth-order valence-electron chi connectivity index (χ4n) is 2.58. The Bertz CT molecular complexity index is 419. The highest BCUT2D eigenvalue weighted by Gasteiger charge is 2.15. The summed E-state index contributed by atoms with van der Waals surface area (Å²) in [4.78, 5) is 14.3. The SMILES string of the molecule is CCC(C)c1ccc(CC(=O)N2CCCNCC2)cc1. The molecule has 0 spiro atoms. The summed E-state index contributed by atoms with van der Waals surface area (Å²) in [5, 5.41) is 3.33. The number of hydrogen-bond acceptors (Lipinski definition) is 2. The van der Waals surface area contributed by atoms with E-state index >= 15 is 0 Å². The van der Waals surface area contributed by atoms with Crippen molar-refractivity contribution in [2.75, 3.05) is 26.2 Å². The first-order valence-electron chi connectivity index (χ1n) is 7.78. The summed E-state index contributed by atoms with van der Waals surface area (Å²) >= 11 is 0. The molecule has 0 bridgehead atoms. The second kappa shape index (κ2) is 7.44. The Morgan fingerprint density at radius 1 is 1.25 bits per heavy atom. The van der Waals surface area contributed by atoms with E-state index in [0.717, 1.165) is 44.6 Å². The average molecular weight is 274 g/mol. The van der Waals surface area contributed by atoms with Crippen molar-refractivity contribution in [3.8, 4) is 0 Å². The molecule has 3 nitrogen and oxygen atoms in total. The number of benzene rings is 1. The summed E-state index contributed by atoms with van der Waals surface area (Å²) in [6.07, 6.45) is 2.73. The van der Waals surface area contributed by atoms with Crippen molar-refractivity contribution in [2.24, 2.45) is 0 Å². The van der Waals surface area contributed by atoms with Crippen LogP contribution in [0.5, 0.6) is 0 Å². The molecule has 1 aromatic carbocycles. The predicted molar refractivity (Wildman–Crippen MR) is 82.9 cm³/mol. The van der Waals surface area contributed by atoms with E-state index in [4.69, 9.17) is 0 Å². The van der Waals surface area contributed by atoms with Crippen molar-refractivity contribution in [1.82, 2.24) is 10.2 Å². The van der Waals surface area contributed by atoms with Gasteiger partial charge in [-0.3, -0.25) is 4.79 Å². The monoisotopic (exact) mass is 274 g/mol. The van der Waals surface area contributed by atoms with Crippen LogP contribution >= 0.6 is 0 Å². The Labute approximate surface area is 122 Å². The maximum Gasteiger partial charge on any atom is 0.227 e. The third-order valence-corrected chi connectivity index (χ3v) is 4.21. The van der Waals surface area contributed by atoms with Crippen molar-refractivity contribution in [3.05, 3.63) is 35.4 Å². The van der Waals surface area contributed by atoms with Crippen LogP contribution in [-0.2, 0) is 11.2 Å². The van der Waals surface area contributed by atoms with Gasteiger partial charge in [0.1, 0.15) is 0 Å². The number of nitrogens with one attached hydrogen (secondary N) is 1. The van der Waals surface area contributed by atoms with Crippen LogP contribution in [0.4, 0.5) is 0 Å². The highest BCUT2D eigenvalue weighted by atomic mass is 16.2. The van der Waals surface area contributed by atoms with E-state index in [2.05, 4.69) is 43.4 Å². The highest BCUT2D eigenvalue weighted by Crippen LogP contribution is 2.19. The van der Waals surface area contributed by atoms with Crippen LogP contribution in [0.15, 0.2) is 24.3 Å². The predicted octanol–water partition coefficient (Wildman–Crippen LogP) is 2.56. The van der Waals surface area contributed by atoms with Gasteiger partial charge in [-0.2, -0.15) is 0 Å². The molecule has 2 rings (SSSR count). The molecule has 20 heavy (non-hydrogen) atoms. The Morgan fingerprint density at radius 2 is 2.00 bits per heavy atom. The minimum atomic E-state index is 0.255. The zero-order chi connectivity index (χ0) is 14.4. The molecule has 0 radical (unpaired) electrons. The van der Waals surface area contributed by atoms with Crippen molar-refractivity contribution in [3.63, 3.8) is 0 Å². The van der Waals surface area contributed by atoms with E-state index in [-0.39, 0.29) is 5.91 Å². The molecule has 3 heteroatoms. The van der Waals surface area contributed by atoms with Crippen LogP contribution < -0.4 is 5.32 Å². The van der Waals surface area contributed by atoms with E-state index in [0.29, 0.717) is 12.3 Å². The molecule has 0 aromatic heterocycles. The van der Waals surface area contributed by atoms with Crippen LogP contribution in [-0.4, -0.2) is 37.0 Å². The van der Waals surface area contributed by atoms with Crippen LogP contribution in [0.2, 0.25) is 0 Å². The number of carbonyl (C=O) groups is 1. The Kier molecular flexibility index (Phi) is 5.60. The van der Waals surface area contributed by atoms with Crippen LogP contribution in [0.3, 0.4) is 0 Å². The molecular weight excluding hydrogens is 248 g/mol. The summed E-state index contributed by atoms with van der Waals surface area (Å²) in [5.74, 6) is 0.849. The minimum absolute atomic E-state index is 0.255. The topological polar surface area (TPSA) is 32.3 Å². The molecule has 1 aliphatic heterocycles. The van der Waals surface area contributed by atoms with E-state index in [1.54, 1.807) is 0 Å². The Morgan fingerprint density at radius 3 is 2.70 bits per heavy atom. The molecule has 1 saturated heterocycles. The quantitative estimate of drug-likeness (QED) is 0.915. The van der Waals surface area contributed by atoms with Gasteiger partial charge in [-0.15, -0.1) is 0 Å². The summed E-state index contributed by atoms with van der Waals surface area (Å²) < 4.78 is 0. The van der Waals surface area contributed by atoms with E-state index in [1.807, 2.05) is 4.90 Å². The van der Waals surface area contributed by atoms with Crippen LogP contribution in [0, 0.1) is 0 Å². The van der Waals surface area contributed by atoms with Gasteiger partial charge in [0, 0.05) is 19.6 Å². The van der Waals surface area contributed by atoms with E-state index in [1.165, 1.54) is 5.56 Å². The van der Waals surface area contributed by atoms with Gasteiger partial charge in [-0.25, -0.2) is 0 Å². The molecule has 1 N–H and O–H groups in total. The summed E-state index contributed by atoms with van der Waals surface area (Å²) in [6, 6.07) is 8.55.